The van der Waals surface area contributed by atoms with Gasteiger partial charge in [0.1, 0.15) is 30.1 Å². The molecule has 5 unspecified atom stereocenters. The summed E-state index contributed by atoms with van der Waals surface area (Å²) in [4.78, 5) is 15.9. The van der Waals surface area contributed by atoms with Gasteiger partial charge in [0, 0.05) is 12.6 Å². The number of aliphatic hydroxyl groups is 4. The normalized spacial score (nSPS) is 30.2. The van der Waals surface area contributed by atoms with Crippen molar-refractivity contribution in [3.05, 3.63) is 30.1 Å². The molecule has 0 radical (unpaired) electrons. The summed E-state index contributed by atoms with van der Waals surface area (Å²) in [6.07, 6.45) is -0.663. The van der Waals surface area contributed by atoms with E-state index in [-0.39, 0.29) is 5.78 Å². The molecule has 4 N–H and O–H groups in total. The van der Waals surface area contributed by atoms with E-state index < -0.39 is 37.1 Å². The molecule has 1 saturated heterocycles. The first-order valence-corrected chi connectivity index (χ1v) is 8.29. The van der Waals surface area contributed by atoms with Crippen molar-refractivity contribution in [2.45, 2.75) is 62.6 Å². The molecule has 0 aliphatic carbocycles. The minimum absolute atomic E-state index is 0.00319. The lowest BCUT2D eigenvalue weighted by Crippen LogP contribution is -2.58. The van der Waals surface area contributed by atoms with Crippen molar-refractivity contribution in [2.75, 3.05) is 6.61 Å². The summed E-state index contributed by atoms with van der Waals surface area (Å²) >= 11 is 0. The van der Waals surface area contributed by atoms with Crippen LogP contribution in [0.25, 0.3) is 0 Å². The van der Waals surface area contributed by atoms with Crippen molar-refractivity contribution in [1.29, 1.82) is 0 Å². The third kappa shape index (κ3) is 4.81. The lowest BCUT2D eigenvalue weighted by atomic mass is 9.92. The minimum Gasteiger partial charge on any atom is -0.394 e. The van der Waals surface area contributed by atoms with E-state index in [0.717, 1.165) is 6.42 Å². The van der Waals surface area contributed by atoms with E-state index >= 15 is 0 Å². The Balaban J connectivity index is 1.69. The smallest absolute Gasteiger partial charge is 0.181 e. The van der Waals surface area contributed by atoms with E-state index in [9.17, 15) is 20.1 Å². The summed E-state index contributed by atoms with van der Waals surface area (Å²) < 4.78 is 5.44. The fraction of sp³-hybridized carbons (Fsp3) is 0.647. The average Bonchev–Trinajstić information content (AvgIpc) is 2.61. The summed E-state index contributed by atoms with van der Waals surface area (Å²) in [5.74, 6) is 0.00319. The number of rotatable bonds is 8. The second-order valence-corrected chi connectivity index (χ2v) is 6.10. The van der Waals surface area contributed by atoms with Crippen LogP contribution in [0.1, 0.15) is 42.6 Å². The number of carbonyl (C=O) groups is 1. The molecule has 1 fully saturated rings. The molecule has 1 aromatic heterocycles. The summed E-state index contributed by atoms with van der Waals surface area (Å²) in [6.45, 7) is -0.417. The Morgan fingerprint density at radius 2 is 1.79 bits per heavy atom. The standard InChI is InChI=1S/C17H25NO6/c19-10-14-16(22)17(23)15(21)13(24-14)8-3-1-2-7-12(20)11-6-4-5-9-18-11/h4-6,9,13-17,19,21-23H,1-3,7-8,10H2. The predicted molar refractivity (Wildman–Crippen MR) is 85.4 cm³/mol. The minimum atomic E-state index is -1.33. The van der Waals surface area contributed by atoms with Crippen molar-refractivity contribution < 1.29 is 30.0 Å². The number of hydrogen-bond donors (Lipinski definition) is 4. The molecule has 0 aromatic carbocycles. The van der Waals surface area contributed by atoms with Crippen LogP contribution in [0.3, 0.4) is 0 Å². The first kappa shape index (κ1) is 19.0. The molecule has 0 bridgehead atoms. The third-order valence-corrected chi connectivity index (χ3v) is 4.33. The Hall–Kier alpha value is -1.38. The molecule has 0 amide bonds. The molecule has 5 atom stereocenters. The molecule has 7 nitrogen and oxygen atoms in total. The molecule has 1 aliphatic rings. The highest BCUT2D eigenvalue weighted by Gasteiger charge is 2.42. The van der Waals surface area contributed by atoms with Crippen LogP contribution in [-0.4, -0.2) is 68.3 Å². The summed E-state index contributed by atoms with van der Waals surface area (Å²) in [5.41, 5.74) is 0.464. The van der Waals surface area contributed by atoms with Gasteiger partial charge in [0.15, 0.2) is 5.78 Å². The van der Waals surface area contributed by atoms with E-state index in [1.807, 2.05) is 0 Å². The molecule has 1 aliphatic heterocycles. The molecular formula is C17H25NO6. The third-order valence-electron chi connectivity index (χ3n) is 4.33. The molecule has 2 rings (SSSR count). The molecular weight excluding hydrogens is 314 g/mol. The van der Waals surface area contributed by atoms with Crippen molar-refractivity contribution >= 4 is 5.78 Å². The first-order valence-electron chi connectivity index (χ1n) is 8.29. The number of nitrogens with zero attached hydrogens (tertiary/aromatic N) is 1. The van der Waals surface area contributed by atoms with E-state index in [4.69, 9.17) is 9.84 Å². The van der Waals surface area contributed by atoms with Crippen LogP contribution < -0.4 is 0 Å². The maximum absolute atomic E-state index is 11.9. The zero-order valence-electron chi connectivity index (χ0n) is 13.5. The van der Waals surface area contributed by atoms with Crippen LogP contribution in [0.5, 0.6) is 0 Å². The monoisotopic (exact) mass is 339 g/mol. The molecule has 2 heterocycles. The van der Waals surface area contributed by atoms with Gasteiger partial charge in [-0.2, -0.15) is 0 Å². The number of carbonyl (C=O) groups excluding carboxylic acids is 1. The Kier molecular flexibility index (Phi) is 7.26. The lowest BCUT2D eigenvalue weighted by molar-refractivity contribution is -0.230. The number of pyridine rings is 1. The summed E-state index contributed by atoms with van der Waals surface area (Å²) in [5, 5.41) is 38.5. The fourth-order valence-electron chi connectivity index (χ4n) is 2.88. The molecule has 1 aromatic rings. The number of aromatic nitrogens is 1. The van der Waals surface area contributed by atoms with Crippen molar-refractivity contribution in [1.82, 2.24) is 4.98 Å². The number of ether oxygens (including phenoxy) is 1. The van der Waals surface area contributed by atoms with E-state index in [2.05, 4.69) is 4.98 Å². The number of ketones is 1. The quantitative estimate of drug-likeness (QED) is 0.390. The van der Waals surface area contributed by atoms with Crippen molar-refractivity contribution in [3.63, 3.8) is 0 Å². The number of unbranched alkanes of at least 4 members (excludes halogenated alkanes) is 2. The highest BCUT2D eigenvalue weighted by atomic mass is 16.5. The zero-order chi connectivity index (χ0) is 17.5. The van der Waals surface area contributed by atoms with E-state index in [0.29, 0.717) is 31.4 Å². The number of aliphatic hydroxyl groups excluding tert-OH is 4. The van der Waals surface area contributed by atoms with Crippen LogP contribution in [0.4, 0.5) is 0 Å². The van der Waals surface area contributed by atoms with Gasteiger partial charge < -0.3 is 25.2 Å². The topological polar surface area (TPSA) is 120 Å². The van der Waals surface area contributed by atoms with Gasteiger partial charge in [0.2, 0.25) is 0 Å². The predicted octanol–water partition coefficient (Wildman–Crippen LogP) is 0.0572. The number of Topliss-reactive ketones (excluding diaryl/α,β-unsaturated/α-hetero) is 1. The number of hydrogen-bond acceptors (Lipinski definition) is 7. The zero-order valence-corrected chi connectivity index (χ0v) is 13.5. The maximum Gasteiger partial charge on any atom is 0.181 e. The molecule has 0 saturated carbocycles. The SMILES string of the molecule is O=C(CCCCCC1OC(CO)C(O)C(O)C1O)c1ccccn1. The summed E-state index contributed by atoms with van der Waals surface area (Å²) in [6, 6.07) is 5.23. The van der Waals surface area contributed by atoms with Crippen molar-refractivity contribution in [3.8, 4) is 0 Å². The van der Waals surface area contributed by atoms with E-state index in [1.165, 1.54) is 0 Å². The second kappa shape index (κ2) is 9.19. The van der Waals surface area contributed by atoms with Crippen LogP contribution >= 0.6 is 0 Å². The van der Waals surface area contributed by atoms with Crippen molar-refractivity contribution in [2.24, 2.45) is 0 Å². The van der Waals surface area contributed by atoms with Gasteiger partial charge in [-0.25, -0.2) is 0 Å². The van der Waals surface area contributed by atoms with Crippen LogP contribution in [0.2, 0.25) is 0 Å². The van der Waals surface area contributed by atoms with Gasteiger partial charge in [-0.05, 0) is 25.0 Å². The largest absolute Gasteiger partial charge is 0.394 e. The molecule has 7 heteroatoms. The Morgan fingerprint density at radius 1 is 1.04 bits per heavy atom. The maximum atomic E-state index is 11.9. The van der Waals surface area contributed by atoms with Gasteiger partial charge in [0.25, 0.3) is 0 Å². The first-order chi connectivity index (χ1) is 11.5. The Bertz CT molecular complexity index is 509. The fourth-order valence-corrected chi connectivity index (χ4v) is 2.88. The van der Waals surface area contributed by atoms with Gasteiger partial charge >= 0.3 is 0 Å². The average molecular weight is 339 g/mol. The van der Waals surface area contributed by atoms with Gasteiger partial charge in [0.05, 0.1) is 12.7 Å². The van der Waals surface area contributed by atoms with E-state index in [1.54, 1.807) is 24.4 Å². The lowest BCUT2D eigenvalue weighted by Gasteiger charge is -2.40. The second-order valence-electron chi connectivity index (χ2n) is 6.10. The van der Waals surface area contributed by atoms with Crippen LogP contribution in [0, 0.1) is 0 Å². The van der Waals surface area contributed by atoms with Gasteiger partial charge in [-0.15, -0.1) is 0 Å². The van der Waals surface area contributed by atoms with Gasteiger partial charge in [-0.1, -0.05) is 18.9 Å². The van der Waals surface area contributed by atoms with Crippen LogP contribution in [-0.2, 0) is 4.74 Å². The molecule has 0 spiro atoms. The highest BCUT2D eigenvalue weighted by Crippen LogP contribution is 2.24. The Labute approximate surface area is 140 Å². The molecule has 134 valence electrons. The highest BCUT2D eigenvalue weighted by molar-refractivity contribution is 5.94. The molecule has 24 heavy (non-hydrogen) atoms. The van der Waals surface area contributed by atoms with Gasteiger partial charge in [-0.3, -0.25) is 9.78 Å². The van der Waals surface area contributed by atoms with Crippen LogP contribution in [0.15, 0.2) is 24.4 Å². The Morgan fingerprint density at radius 3 is 2.46 bits per heavy atom. The summed E-state index contributed by atoms with van der Waals surface area (Å²) in [7, 11) is 0.